The van der Waals surface area contributed by atoms with Gasteiger partial charge in [0.25, 0.3) is 0 Å². The van der Waals surface area contributed by atoms with Crippen LogP contribution in [0.1, 0.15) is 31.0 Å². The van der Waals surface area contributed by atoms with E-state index in [1.165, 1.54) is 11.3 Å². The Hall–Kier alpha value is -1.55. The zero-order valence-corrected chi connectivity index (χ0v) is 10.2. The first-order valence-electron chi connectivity index (χ1n) is 5.88. The smallest absolute Gasteiger partial charge is 0.325 e. The molecule has 2 rings (SSSR count). The average Bonchev–Trinajstić information content (AvgIpc) is 2.70. The fraction of sp³-hybridized carbons (Fsp3) is 0.462. The van der Waals surface area contributed by atoms with Crippen molar-refractivity contribution in [3.8, 4) is 0 Å². The number of fused-ring (bicyclic) bond motifs is 1. The van der Waals surface area contributed by atoms with E-state index in [0.29, 0.717) is 11.6 Å². The Morgan fingerprint density at radius 1 is 1.47 bits per heavy atom. The van der Waals surface area contributed by atoms with Gasteiger partial charge >= 0.3 is 5.97 Å². The van der Waals surface area contributed by atoms with Gasteiger partial charge in [0.05, 0.1) is 0 Å². The Bertz CT molecular complexity index is 443. The highest BCUT2D eigenvalue weighted by Crippen LogP contribution is 2.31. The summed E-state index contributed by atoms with van der Waals surface area (Å²) in [7, 11) is 0. The van der Waals surface area contributed by atoms with Gasteiger partial charge in [-0.2, -0.15) is 0 Å². The normalized spacial score (nSPS) is 16.1. The molecule has 92 valence electrons. The van der Waals surface area contributed by atoms with Gasteiger partial charge in [0.2, 0.25) is 0 Å². The molecular weight excluding hydrogens is 216 g/mol. The lowest BCUT2D eigenvalue weighted by atomic mass is 10.0. The van der Waals surface area contributed by atoms with Crippen LogP contribution in [0.15, 0.2) is 18.2 Å². The van der Waals surface area contributed by atoms with Gasteiger partial charge in [0.1, 0.15) is 6.04 Å². The van der Waals surface area contributed by atoms with E-state index in [1.54, 1.807) is 0 Å². The first kappa shape index (κ1) is 11.9. The summed E-state index contributed by atoms with van der Waals surface area (Å²) in [5, 5.41) is 8.89. The van der Waals surface area contributed by atoms with Crippen molar-refractivity contribution in [3.05, 3.63) is 29.3 Å². The number of hydrogen-bond donors (Lipinski definition) is 2. The molecule has 1 atom stereocenters. The topological polar surface area (TPSA) is 66.6 Å². The third-order valence-electron chi connectivity index (χ3n) is 3.28. The van der Waals surface area contributed by atoms with Crippen molar-refractivity contribution in [2.75, 3.05) is 11.4 Å². The van der Waals surface area contributed by atoms with Gasteiger partial charge < -0.3 is 15.7 Å². The monoisotopic (exact) mass is 234 g/mol. The van der Waals surface area contributed by atoms with E-state index in [9.17, 15) is 4.79 Å². The van der Waals surface area contributed by atoms with Gasteiger partial charge in [-0.1, -0.05) is 12.1 Å². The molecule has 0 radical (unpaired) electrons. The highest BCUT2D eigenvalue weighted by atomic mass is 16.4. The summed E-state index contributed by atoms with van der Waals surface area (Å²) in [6.07, 6.45) is 0.966. The maximum atomic E-state index is 10.8. The summed E-state index contributed by atoms with van der Waals surface area (Å²) in [5.74, 6) is -0.983. The minimum Gasteiger partial charge on any atom is -0.480 e. The molecule has 1 aliphatic heterocycles. The highest BCUT2D eigenvalue weighted by Gasteiger charge is 2.23. The van der Waals surface area contributed by atoms with Crippen LogP contribution >= 0.6 is 0 Å². The number of nitrogens with two attached hydrogens (primary N) is 1. The van der Waals surface area contributed by atoms with Gasteiger partial charge in [0.15, 0.2) is 0 Å². The summed E-state index contributed by atoms with van der Waals surface area (Å²) >= 11 is 0. The van der Waals surface area contributed by atoms with Gasteiger partial charge in [-0.3, -0.25) is 4.79 Å². The fourth-order valence-electron chi connectivity index (χ4n) is 2.32. The minimum absolute atomic E-state index is 0.468. The molecule has 0 amide bonds. The third-order valence-corrected chi connectivity index (χ3v) is 3.28. The van der Waals surface area contributed by atoms with Crippen molar-refractivity contribution < 1.29 is 9.90 Å². The van der Waals surface area contributed by atoms with Crippen molar-refractivity contribution >= 4 is 11.7 Å². The molecule has 0 saturated heterocycles. The van der Waals surface area contributed by atoms with Crippen molar-refractivity contribution in [2.24, 2.45) is 5.73 Å². The van der Waals surface area contributed by atoms with E-state index in [4.69, 9.17) is 10.8 Å². The van der Waals surface area contributed by atoms with E-state index < -0.39 is 12.0 Å². The fourth-order valence-corrected chi connectivity index (χ4v) is 2.32. The maximum absolute atomic E-state index is 10.8. The number of anilines is 1. The van der Waals surface area contributed by atoms with Crippen LogP contribution in [0.5, 0.6) is 0 Å². The first-order valence-corrected chi connectivity index (χ1v) is 5.88. The maximum Gasteiger partial charge on any atom is 0.325 e. The molecule has 0 saturated carbocycles. The molecule has 4 nitrogen and oxygen atoms in total. The average molecular weight is 234 g/mol. The Balaban J connectivity index is 2.31. The number of aliphatic carboxylic acids is 1. The lowest BCUT2D eigenvalue weighted by molar-refractivity contribution is -0.138. The zero-order valence-electron chi connectivity index (χ0n) is 10.2. The van der Waals surface area contributed by atoms with Crippen LogP contribution in [-0.4, -0.2) is 23.7 Å². The number of carboxylic acid groups (broad SMARTS) is 1. The molecule has 0 aliphatic carbocycles. The van der Waals surface area contributed by atoms with Gasteiger partial charge in [-0.25, -0.2) is 0 Å². The number of carboxylic acids is 1. The third kappa shape index (κ3) is 2.13. The first-order chi connectivity index (χ1) is 8.00. The summed E-state index contributed by atoms with van der Waals surface area (Å²) in [5.41, 5.74) is 8.71. The summed E-state index contributed by atoms with van der Waals surface area (Å²) < 4.78 is 0. The molecule has 0 spiro atoms. The molecule has 0 bridgehead atoms. The number of benzene rings is 1. The van der Waals surface area contributed by atoms with Crippen LogP contribution < -0.4 is 10.6 Å². The predicted molar refractivity (Wildman–Crippen MR) is 67.2 cm³/mol. The lowest BCUT2D eigenvalue weighted by Gasteiger charge is -2.24. The van der Waals surface area contributed by atoms with Crippen LogP contribution in [0.3, 0.4) is 0 Å². The molecule has 0 aromatic heterocycles. The molecule has 0 fully saturated rings. The molecule has 17 heavy (non-hydrogen) atoms. The van der Waals surface area contributed by atoms with E-state index in [0.717, 1.165) is 13.0 Å². The Kier molecular flexibility index (Phi) is 3.07. The lowest BCUT2D eigenvalue weighted by Crippen LogP contribution is -2.28. The molecule has 0 unspecified atom stereocenters. The second-order valence-electron chi connectivity index (χ2n) is 4.74. The molecule has 1 aliphatic rings. The number of carbonyl (C=O) groups is 1. The van der Waals surface area contributed by atoms with E-state index in [-0.39, 0.29) is 0 Å². The molecule has 1 aromatic rings. The number of hydrogen-bond acceptors (Lipinski definition) is 3. The molecular formula is C13H18N2O2. The van der Waals surface area contributed by atoms with Crippen molar-refractivity contribution in [1.82, 2.24) is 0 Å². The zero-order chi connectivity index (χ0) is 12.6. The van der Waals surface area contributed by atoms with E-state index in [2.05, 4.69) is 18.7 Å². The number of rotatable bonds is 3. The van der Waals surface area contributed by atoms with Crippen LogP contribution in [0.25, 0.3) is 0 Å². The second-order valence-corrected chi connectivity index (χ2v) is 4.74. The molecule has 4 heteroatoms. The molecule has 3 N–H and O–H groups in total. The minimum atomic E-state index is -0.983. The van der Waals surface area contributed by atoms with Crippen LogP contribution in [0, 0.1) is 0 Å². The quantitative estimate of drug-likeness (QED) is 0.832. The van der Waals surface area contributed by atoms with Crippen LogP contribution in [-0.2, 0) is 11.2 Å². The molecule has 1 aromatic carbocycles. The Morgan fingerprint density at radius 3 is 2.76 bits per heavy atom. The standard InChI is InChI=1S/C13H18N2O2/c1-8(2)15-6-5-9-7-10(3-4-11(9)15)12(14)13(16)17/h3-4,7-8,12H,5-6,14H2,1-2H3,(H,16,17)/t12-/m0/s1. The molecule has 1 heterocycles. The summed E-state index contributed by atoms with van der Waals surface area (Å²) in [6.45, 7) is 5.32. The van der Waals surface area contributed by atoms with Gasteiger partial charge in [0, 0.05) is 18.3 Å². The van der Waals surface area contributed by atoms with Gasteiger partial charge in [-0.05, 0) is 37.5 Å². The Morgan fingerprint density at radius 2 is 2.18 bits per heavy atom. The predicted octanol–water partition coefficient (Wildman–Crippen LogP) is 1.54. The van der Waals surface area contributed by atoms with Crippen LogP contribution in [0.2, 0.25) is 0 Å². The second kappa shape index (κ2) is 4.37. The van der Waals surface area contributed by atoms with Crippen molar-refractivity contribution in [2.45, 2.75) is 32.4 Å². The summed E-state index contributed by atoms with van der Waals surface area (Å²) in [4.78, 5) is 13.2. The largest absolute Gasteiger partial charge is 0.480 e. The van der Waals surface area contributed by atoms with Gasteiger partial charge in [-0.15, -0.1) is 0 Å². The summed E-state index contributed by atoms with van der Waals surface area (Å²) in [6, 6.07) is 5.28. The SMILES string of the molecule is CC(C)N1CCc2cc([C@H](N)C(=O)O)ccc21. The van der Waals surface area contributed by atoms with Crippen molar-refractivity contribution in [1.29, 1.82) is 0 Å². The van der Waals surface area contributed by atoms with Crippen LogP contribution in [0.4, 0.5) is 5.69 Å². The van der Waals surface area contributed by atoms with Crippen molar-refractivity contribution in [3.63, 3.8) is 0 Å². The van der Waals surface area contributed by atoms with E-state index >= 15 is 0 Å². The number of nitrogens with zero attached hydrogens (tertiary/aromatic N) is 1. The highest BCUT2D eigenvalue weighted by molar-refractivity contribution is 5.76. The van der Waals surface area contributed by atoms with E-state index in [1.807, 2.05) is 18.2 Å². The Labute approximate surface area is 101 Å².